The van der Waals surface area contributed by atoms with E-state index in [9.17, 15) is 26.4 Å². The molecule has 1 heterocycles. The first-order chi connectivity index (χ1) is 15.0. The monoisotopic (exact) mass is 486 g/mol. The van der Waals surface area contributed by atoms with E-state index >= 15 is 0 Å². The topological polar surface area (TPSA) is 79.6 Å². The molecule has 0 aliphatic carbocycles. The van der Waals surface area contributed by atoms with Crippen molar-refractivity contribution in [2.45, 2.75) is 17.6 Å². The molecule has 3 rings (SSSR count). The fourth-order valence-corrected chi connectivity index (χ4v) is 4.04. The SMILES string of the molecule is CN(Cc1ccc(-c2ccc(Cl)cc2)o1)S(=O)(=O)c1ccc(C(=O)NCC(F)(F)F)cc1. The number of alkyl halides is 3. The first-order valence-electron chi connectivity index (χ1n) is 9.22. The summed E-state index contributed by atoms with van der Waals surface area (Å²) >= 11 is 5.87. The molecule has 32 heavy (non-hydrogen) atoms. The minimum Gasteiger partial charge on any atom is -0.460 e. The highest BCUT2D eigenvalue weighted by molar-refractivity contribution is 7.89. The van der Waals surface area contributed by atoms with Crippen LogP contribution in [0.2, 0.25) is 5.02 Å². The zero-order valence-electron chi connectivity index (χ0n) is 16.7. The average molecular weight is 487 g/mol. The van der Waals surface area contributed by atoms with Crippen LogP contribution >= 0.6 is 11.6 Å². The Bertz CT molecular complexity index is 1190. The highest BCUT2D eigenvalue weighted by atomic mass is 35.5. The molecule has 170 valence electrons. The number of halogens is 4. The van der Waals surface area contributed by atoms with E-state index in [-0.39, 0.29) is 17.0 Å². The third-order valence-electron chi connectivity index (χ3n) is 4.44. The van der Waals surface area contributed by atoms with Gasteiger partial charge in [-0.2, -0.15) is 17.5 Å². The second kappa shape index (κ2) is 9.35. The van der Waals surface area contributed by atoms with E-state index < -0.39 is 28.7 Å². The number of amides is 1. The van der Waals surface area contributed by atoms with Gasteiger partial charge in [0.15, 0.2) is 0 Å². The van der Waals surface area contributed by atoms with E-state index in [0.717, 1.165) is 34.1 Å². The number of hydrogen-bond acceptors (Lipinski definition) is 4. The minimum absolute atomic E-state index is 0.0518. The van der Waals surface area contributed by atoms with E-state index in [1.807, 2.05) is 0 Å². The summed E-state index contributed by atoms with van der Waals surface area (Å²) in [4.78, 5) is 11.7. The van der Waals surface area contributed by atoms with Crippen LogP contribution in [0, 0.1) is 0 Å². The molecule has 1 aromatic heterocycles. The molecule has 1 amide bonds. The van der Waals surface area contributed by atoms with Crippen molar-refractivity contribution in [3.05, 3.63) is 77.0 Å². The van der Waals surface area contributed by atoms with Gasteiger partial charge in [-0.05, 0) is 60.7 Å². The van der Waals surface area contributed by atoms with Gasteiger partial charge in [0.1, 0.15) is 18.1 Å². The predicted molar refractivity (Wildman–Crippen MR) is 113 cm³/mol. The number of furan rings is 1. The number of carbonyl (C=O) groups is 1. The van der Waals surface area contributed by atoms with E-state index in [1.165, 1.54) is 7.05 Å². The number of hydrogen-bond donors (Lipinski definition) is 1. The Balaban J connectivity index is 1.68. The van der Waals surface area contributed by atoms with Crippen molar-refractivity contribution in [2.24, 2.45) is 0 Å². The number of carbonyl (C=O) groups excluding carboxylic acids is 1. The van der Waals surface area contributed by atoms with Crippen molar-refractivity contribution >= 4 is 27.5 Å². The highest BCUT2D eigenvalue weighted by Crippen LogP contribution is 2.25. The second-order valence-electron chi connectivity index (χ2n) is 6.86. The molecule has 3 aromatic rings. The zero-order valence-corrected chi connectivity index (χ0v) is 18.3. The lowest BCUT2D eigenvalue weighted by Crippen LogP contribution is -2.33. The minimum atomic E-state index is -4.54. The highest BCUT2D eigenvalue weighted by Gasteiger charge is 2.28. The van der Waals surface area contributed by atoms with Gasteiger partial charge in [0.05, 0.1) is 11.4 Å². The maximum Gasteiger partial charge on any atom is 0.405 e. The lowest BCUT2D eigenvalue weighted by atomic mass is 10.2. The molecule has 0 unspecified atom stereocenters. The fourth-order valence-electron chi connectivity index (χ4n) is 2.78. The van der Waals surface area contributed by atoms with Gasteiger partial charge in [-0.3, -0.25) is 4.79 Å². The smallest absolute Gasteiger partial charge is 0.405 e. The first-order valence-corrected chi connectivity index (χ1v) is 11.0. The van der Waals surface area contributed by atoms with E-state index in [4.69, 9.17) is 16.0 Å². The lowest BCUT2D eigenvalue weighted by Gasteiger charge is -2.16. The zero-order chi connectivity index (χ0) is 23.5. The fraction of sp³-hybridized carbons (Fsp3) is 0.190. The normalized spacial score (nSPS) is 12.2. The third-order valence-corrected chi connectivity index (χ3v) is 6.51. The van der Waals surface area contributed by atoms with Crippen molar-refractivity contribution in [1.29, 1.82) is 0 Å². The lowest BCUT2D eigenvalue weighted by molar-refractivity contribution is -0.123. The number of benzene rings is 2. The molecule has 0 bridgehead atoms. The maximum absolute atomic E-state index is 12.8. The van der Waals surface area contributed by atoms with Crippen molar-refractivity contribution in [3.8, 4) is 11.3 Å². The van der Waals surface area contributed by atoms with Crippen molar-refractivity contribution in [2.75, 3.05) is 13.6 Å². The summed E-state index contributed by atoms with van der Waals surface area (Å²) in [5.74, 6) is 0.00537. The molecule has 0 radical (unpaired) electrons. The molecule has 0 fully saturated rings. The summed E-state index contributed by atoms with van der Waals surface area (Å²) in [6.45, 7) is -1.53. The molecule has 6 nitrogen and oxygen atoms in total. The summed E-state index contributed by atoms with van der Waals surface area (Å²) in [6, 6.07) is 15.0. The first kappa shape index (κ1) is 23.8. The third kappa shape index (κ3) is 5.90. The summed E-state index contributed by atoms with van der Waals surface area (Å²) in [5.41, 5.74) is 0.694. The summed E-state index contributed by atoms with van der Waals surface area (Å²) in [7, 11) is -2.57. The van der Waals surface area contributed by atoms with E-state index in [0.29, 0.717) is 16.5 Å². The molecule has 11 heteroatoms. The van der Waals surface area contributed by atoms with Gasteiger partial charge in [-0.15, -0.1) is 0 Å². The van der Waals surface area contributed by atoms with Crippen LogP contribution < -0.4 is 5.32 Å². The molecule has 0 spiro atoms. The Kier molecular flexibility index (Phi) is 6.97. The molecule has 0 saturated heterocycles. The van der Waals surface area contributed by atoms with Crippen LogP contribution in [-0.4, -0.2) is 38.4 Å². The number of nitrogens with zero attached hydrogens (tertiary/aromatic N) is 1. The Hall–Kier alpha value is -2.82. The van der Waals surface area contributed by atoms with Gasteiger partial charge in [0.2, 0.25) is 10.0 Å². The van der Waals surface area contributed by atoms with Crippen LogP contribution in [0.1, 0.15) is 16.1 Å². The molecule has 0 aliphatic heterocycles. The molecule has 0 atom stereocenters. The van der Waals surface area contributed by atoms with Gasteiger partial charge in [0, 0.05) is 23.2 Å². The number of rotatable bonds is 7. The molecule has 0 saturated carbocycles. The Morgan fingerprint density at radius 3 is 2.25 bits per heavy atom. The van der Waals surface area contributed by atoms with Crippen molar-refractivity contribution < 1.29 is 30.8 Å². The van der Waals surface area contributed by atoms with Crippen LogP contribution in [-0.2, 0) is 16.6 Å². The van der Waals surface area contributed by atoms with E-state index in [2.05, 4.69) is 0 Å². The number of nitrogens with one attached hydrogen (secondary N) is 1. The quantitative estimate of drug-likeness (QED) is 0.524. The van der Waals surface area contributed by atoms with Gasteiger partial charge in [0.25, 0.3) is 5.91 Å². The Labute approximate surface area is 187 Å². The van der Waals surface area contributed by atoms with Crippen LogP contribution in [0.5, 0.6) is 0 Å². The average Bonchev–Trinajstić information content (AvgIpc) is 3.20. The number of sulfonamides is 1. The van der Waals surface area contributed by atoms with Crippen molar-refractivity contribution in [1.82, 2.24) is 9.62 Å². The van der Waals surface area contributed by atoms with Gasteiger partial charge < -0.3 is 9.73 Å². The molecular weight excluding hydrogens is 469 g/mol. The Morgan fingerprint density at radius 1 is 1.03 bits per heavy atom. The van der Waals surface area contributed by atoms with Gasteiger partial charge in [-0.1, -0.05) is 11.6 Å². The van der Waals surface area contributed by atoms with E-state index in [1.54, 1.807) is 41.7 Å². The largest absolute Gasteiger partial charge is 0.460 e. The summed E-state index contributed by atoms with van der Waals surface area (Å²) in [6.07, 6.45) is -4.54. The van der Waals surface area contributed by atoms with Gasteiger partial charge in [-0.25, -0.2) is 8.42 Å². The van der Waals surface area contributed by atoms with Crippen LogP contribution in [0.4, 0.5) is 13.2 Å². The molecule has 1 N–H and O–H groups in total. The molecular formula is C21H18ClF3N2O4S. The summed E-state index contributed by atoms with van der Waals surface area (Å²) < 4.78 is 69.1. The van der Waals surface area contributed by atoms with Crippen LogP contribution in [0.3, 0.4) is 0 Å². The van der Waals surface area contributed by atoms with Crippen LogP contribution in [0.15, 0.2) is 70.0 Å². The van der Waals surface area contributed by atoms with Crippen molar-refractivity contribution in [3.63, 3.8) is 0 Å². The molecule has 0 aliphatic rings. The maximum atomic E-state index is 12.8. The molecule has 2 aromatic carbocycles. The van der Waals surface area contributed by atoms with Gasteiger partial charge >= 0.3 is 6.18 Å². The standard InChI is InChI=1S/C21H18ClF3N2O4S/c1-27(12-17-8-11-19(31-17)14-2-6-16(22)7-3-14)32(29,30)18-9-4-15(5-10-18)20(28)26-13-21(23,24)25/h2-11H,12-13H2,1H3,(H,26,28). The summed E-state index contributed by atoms with van der Waals surface area (Å²) in [5, 5.41) is 2.31. The van der Waals surface area contributed by atoms with Crippen LogP contribution in [0.25, 0.3) is 11.3 Å². The second-order valence-corrected chi connectivity index (χ2v) is 9.34. The Morgan fingerprint density at radius 2 is 1.66 bits per heavy atom. The predicted octanol–water partition coefficient (Wildman–Crippen LogP) is 4.71.